The highest BCUT2D eigenvalue weighted by Gasteiger charge is 2.25. The molecule has 0 heterocycles. The van der Waals surface area contributed by atoms with Crippen LogP contribution in [0.5, 0.6) is 0 Å². The second-order valence-electron chi connectivity index (χ2n) is 6.68. The van der Waals surface area contributed by atoms with E-state index in [4.69, 9.17) is 0 Å². The molecule has 4 heteroatoms. The van der Waals surface area contributed by atoms with Crippen LogP contribution in [-0.2, 0) is 11.4 Å². The lowest BCUT2D eigenvalue weighted by Gasteiger charge is -2.17. The molecule has 1 aromatic carbocycles. The summed E-state index contributed by atoms with van der Waals surface area (Å²) in [5, 5.41) is 0. The van der Waals surface area contributed by atoms with Gasteiger partial charge < -0.3 is 4.55 Å². The Morgan fingerprint density at radius 3 is 2.35 bits per heavy atom. The van der Waals surface area contributed by atoms with Gasteiger partial charge in [-0.25, -0.2) is 0 Å². The predicted octanol–water partition coefficient (Wildman–Crippen LogP) is 3.80. The maximum Gasteiger partial charge on any atom is 0.144 e. The summed E-state index contributed by atoms with van der Waals surface area (Å²) < 4.78 is 15.8. The molecule has 0 saturated heterocycles. The Labute approximate surface area is 127 Å². The van der Waals surface area contributed by atoms with Crippen molar-refractivity contribution in [2.45, 2.75) is 45.2 Å². The number of hydrogen-bond acceptors (Lipinski definition) is 2. The molecule has 0 bridgehead atoms. The molecule has 1 atom stereocenters. The minimum Gasteiger partial charge on any atom is -0.591 e. The molecule has 0 fully saturated rings. The fraction of sp³-hybridized carbons (Fsp3) is 0.438. The first-order valence-corrected chi connectivity index (χ1v) is 11.3. The molecule has 0 aliphatic rings. The lowest BCUT2D eigenvalue weighted by molar-refractivity contribution is 0.562. The molecule has 1 rings (SSSR count). The van der Waals surface area contributed by atoms with Crippen molar-refractivity contribution < 1.29 is 4.55 Å². The van der Waals surface area contributed by atoms with Crippen LogP contribution in [0.25, 0.3) is 0 Å². The van der Waals surface area contributed by atoms with Crippen LogP contribution in [0.3, 0.4) is 0 Å². The molecule has 0 spiro atoms. The van der Waals surface area contributed by atoms with Crippen molar-refractivity contribution in [2.75, 3.05) is 0 Å². The van der Waals surface area contributed by atoms with Gasteiger partial charge in [-0.05, 0) is 26.8 Å². The average Bonchev–Trinajstić information content (AvgIpc) is 2.32. The van der Waals surface area contributed by atoms with Crippen molar-refractivity contribution in [1.29, 1.82) is 0 Å². The first kappa shape index (κ1) is 17.0. The standard InChI is InChI=1S/C16H23NOSSi/c1-16(2,3)19(18)17-13-15-10-8-7-9-14(15)11-12-20(4,5)6/h7-10,13H,1-6H3. The van der Waals surface area contributed by atoms with Crippen LogP contribution in [0.15, 0.2) is 28.7 Å². The second kappa shape index (κ2) is 6.62. The minimum absolute atomic E-state index is 0.338. The van der Waals surface area contributed by atoms with E-state index in [1.165, 1.54) is 0 Å². The largest absolute Gasteiger partial charge is 0.591 e. The van der Waals surface area contributed by atoms with E-state index in [2.05, 4.69) is 35.5 Å². The lowest BCUT2D eigenvalue weighted by Crippen LogP contribution is -2.25. The second-order valence-corrected chi connectivity index (χ2v) is 13.4. The van der Waals surface area contributed by atoms with Gasteiger partial charge in [0, 0.05) is 11.1 Å². The molecule has 2 nitrogen and oxygen atoms in total. The van der Waals surface area contributed by atoms with E-state index in [9.17, 15) is 4.55 Å². The summed E-state index contributed by atoms with van der Waals surface area (Å²) in [5.41, 5.74) is 5.22. The zero-order valence-electron chi connectivity index (χ0n) is 13.2. The van der Waals surface area contributed by atoms with E-state index in [0.717, 1.165) is 11.1 Å². The highest BCUT2D eigenvalue weighted by Crippen LogP contribution is 2.17. The van der Waals surface area contributed by atoms with E-state index >= 15 is 0 Å². The van der Waals surface area contributed by atoms with E-state index in [-0.39, 0.29) is 4.75 Å². The molecule has 1 unspecified atom stereocenters. The van der Waals surface area contributed by atoms with Gasteiger partial charge >= 0.3 is 0 Å². The number of nitrogens with zero attached hydrogens (tertiary/aromatic N) is 1. The molecule has 108 valence electrons. The third-order valence-corrected chi connectivity index (χ3v) is 4.56. The van der Waals surface area contributed by atoms with Crippen LogP contribution in [-0.4, -0.2) is 23.6 Å². The van der Waals surface area contributed by atoms with Gasteiger partial charge in [-0.3, -0.25) is 0 Å². The molecule has 0 aromatic heterocycles. The van der Waals surface area contributed by atoms with Gasteiger partial charge in [-0.2, -0.15) is 0 Å². The van der Waals surface area contributed by atoms with Gasteiger partial charge in [0.1, 0.15) is 24.2 Å². The van der Waals surface area contributed by atoms with Crippen LogP contribution in [0.1, 0.15) is 31.9 Å². The van der Waals surface area contributed by atoms with E-state index in [0.29, 0.717) is 0 Å². The summed E-state index contributed by atoms with van der Waals surface area (Å²) in [6, 6.07) is 7.85. The molecule has 0 amide bonds. The third-order valence-electron chi connectivity index (χ3n) is 2.34. The van der Waals surface area contributed by atoms with Gasteiger partial charge in [-0.15, -0.1) is 5.54 Å². The fourth-order valence-electron chi connectivity index (χ4n) is 1.24. The first-order chi connectivity index (χ1) is 9.09. The van der Waals surface area contributed by atoms with Crippen molar-refractivity contribution >= 4 is 25.7 Å². The first-order valence-electron chi connectivity index (χ1n) is 6.68. The highest BCUT2D eigenvalue weighted by atomic mass is 32.2. The van der Waals surface area contributed by atoms with Crippen molar-refractivity contribution in [3.8, 4) is 11.5 Å². The molecular weight excluding hydrogens is 282 g/mol. The maximum atomic E-state index is 12.0. The van der Waals surface area contributed by atoms with Gasteiger partial charge in [0.25, 0.3) is 0 Å². The number of hydrogen-bond donors (Lipinski definition) is 0. The maximum absolute atomic E-state index is 12.0. The summed E-state index contributed by atoms with van der Waals surface area (Å²) in [7, 11) is -1.40. The van der Waals surface area contributed by atoms with E-state index in [1.807, 2.05) is 45.0 Å². The quantitative estimate of drug-likeness (QED) is 0.354. The Bertz CT molecular complexity index is 544. The van der Waals surface area contributed by atoms with Crippen LogP contribution in [0.4, 0.5) is 0 Å². The number of benzene rings is 1. The highest BCUT2D eigenvalue weighted by molar-refractivity contribution is 7.91. The number of rotatable bonds is 2. The molecule has 1 aromatic rings. The third kappa shape index (κ3) is 5.95. The Balaban J connectivity index is 3.02. The molecule has 20 heavy (non-hydrogen) atoms. The van der Waals surface area contributed by atoms with Crippen molar-refractivity contribution in [3.63, 3.8) is 0 Å². The summed E-state index contributed by atoms with van der Waals surface area (Å²) in [6.07, 6.45) is 1.68. The molecule has 0 aliphatic carbocycles. The SMILES string of the molecule is CC(C)(C)[S+]([O-])N=Cc1ccccc1C#C[Si](C)(C)C. The van der Waals surface area contributed by atoms with Gasteiger partial charge in [0.2, 0.25) is 0 Å². The van der Waals surface area contributed by atoms with Crippen molar-refractivity contribution in [2.24, 2.45) is 4.40 Å². The lowest BCUT2D eigenvalue weighted by atomic mass is 10.1. The van der Waals surface area contributed by atoms with Crippen LogP contribution < -0.4 is 0 Å². The van der Waals surface area contributed by atoms with E-state index < -0.39 is 19.4 Å². The Morgan fingerprint density at radius 2 is 1.80 bits per heavy atom. The van der Waals surface area contributed by atoms with E-state index in [1.54, 1.807) is 6.21 Å². The van der Waals surface area contributed by atoms with Gasteiger partial charge in [0.15, 0.2) is 0 Å². The summed E-state index contributed by atoms with van der Waals surface area (Å²) in [4.78, 5) is 0. The zero-order chi connectivity index (χ0) is 15.4. The molecule has 0 radical (unpaired) electrons. The smallest absolute Gasteiger partial charge is 0.144 e. The summed E-state index contributed by atoms with van der Waals surface area (Å²) in [6.45, 7) is 12.4. The zero-order valence-corrected chi connectivity index (χ0v) is 15.0. The summed E-state index contributed by atoms with van der Waals surface area (Å²) >= 11 is -1.24. The van der Waals surface area contributed by atoms with Crippen molar-refractivity contribution in [3.05, 3.63) is 35.4 Å². The average molecular weight is 306 g/mol. The topological polar surface area (TPSA) is 35.4 Å². The molecule has 0 aliphatic heterocycles. The van der Waals surface area contributed by atoms with Crippen molar-refractivity contribution in [1.82, 2.24) is 0 Å². The fourth-order valence-corrected chi connectivity index (χ4v) is 2.28. The monoisotopic (exact) mass is 305 g/mol. The Hall–Kier alpha value is -1.02. The van der Waals surface area contributed by atoms with Crippen LogP contribution >= 0.6 is 0 Å². The van der Waals surface area contributed by atoms with Gasteiger partial charge in [-0.1, -0.05) is 48.2 Å². The predicted molar refractivity (Wildman–Crippen MR) is 92.2 cm³/mol. The van der Waals surface area contributed by atoms with Gasteiger partial charge in [0.05, 0.1) is 6.21 Å². The normalized spacial score (nSPS) is 13.9. The summed E-state index contributed by atoms with van der Waals surface area (Å²) in [5.74, 6) is 3.24. The Kier molecular flexibility index (Phi) is 5.64. The molecule has 0 saturated carbocycles. The molecular formula is C16H23NOSSi. The molecule has 0 N–H and O–H groups in total. The van der Waals surface area contributed by atoms with Crippen LogP contribution in [0.2, 0.25) is 19.6 Å². The minimum atomic E-state index is -1.40. The van der Waals surface area contributed by atoms with Crippen LogP contribution in [0, 0.1) is 11.5 Å². The Morgan fingerprint density at radius 1 is 1.20 bits per heavy atom.